The number of piperidine rings is 1. The fraction of sp³-hybridized carbons (Fsp3) is 0.571. The lowest BCUT2D eigenvalue weighted by molar-refractivity contribution is 0.0602. The summed E-state index contributed by atoms with van der Waals surface area (Å²) >= 11 is 0. The van der Waals surface area contributed by atoms with Crippen LogP contribution in [0.5, 0.6) is 0 Å². The maximum Gasteiger partial charge on any atom is 0.340 e. The van der Waals surface area contributed by atoms with Crippen LogP contribution < -0.4 is 10.6 Å². The third-order valence-corrected chi connectivity index (χ3v) is 3.73. The van der Waals surface area contributed by atoms with E-state index in [0.717, 1.165) is 32.4 Å². The summed E-state index contributed by atoms with van der Waals surface area (Å²) in [5.41, 5.74) is 6.77. The van der Waals surface area contributed by atoms with Gasteiger partial charge in [-0.3, -0.25) is 0 Å². The van der Waals surface area contributed by atoms with Crippen molar-refractivity contribution in [1.82, 2.24) is 4.98 Å². The van der Waals surface area contributed by atoms with Crippen molar-refractivity contribution in [2.75, 3.05) is 37.4 Å². The summed E-state index contributed by atoms with van der Waals surface area (Å²) in [7, 11) is 1.33. The molecule has 1 fully saturated rings. The average molecular weight is 279 g/mol. The number of pyridine rings is 1. The fourth-order valence-electron chi connectivity index (χ4n) is 2.68. The molecule has 20 heavy (non-hydrogen) atoms. The molecule has 1 aromatic rings. The monoisotopic (exact) mass is 279 g/mol. The maximum atomic E-state index is 11.7. The quantitative estimate of drug-likeness (QED) is 0.801. The molecule has 0 saturated carbocycles. The third kappa shape index (κ3) is 3.01. The summed E-state index contributed by atoms with van der Waals surface area (Å²) in [6, 6.07) is 1.57. The summed E-state index contributed by atoms with van der Waals surface area (Å²) in [6.45, 7) is 1.87. The number of nitrogens with zero attached hydrogens (tertiary/aromatic N) is 2. The molecule has 1 aromatic heterocycles. The van der Waals surface area contributed by atoms with Gasteiger partial charge in [0.25, 0.3) is 0 Å². The number of nitrogens with two attached hydrogens (primary N) is 1. The Kier molecular flexibility index (Phi) is 4.79. The topological polar surface area (TPSA) is 88.7 Å². The molecule has 1 unspecified atom stereocenters. The van der Waals surface area contributed by atoms with Crippen molar-refractivity contribution in [3.63, 3.8) is 0 Å². The number of aliphatic hydroxyl groups is 1. The van der Waals surface area contributed by atoms with E-state index in [1.54, 1.807) is 12.3 Å². The zero-order valence-electron chi connectivity index (χ0n) is 11.7. The number of methoxy groups -OCH3 is 1. The Labute approximate surface area is 118 Å². The van der Waals surface area contributed by atoms with Crippen molar-refractivity contribution in [2.45, 2.75) is 19.3 Å². The van der Waals surface area contributed by atoms with E-state index in [-0.39, 0.29) is 6.61 Å². The number of hydrogen-bond donors (Lipinski definition) is 2. The molecule has 0 amide bonds. The first-order valence-electron chi connectivity index (χ1n) is 6.86. The molecule has 110 valence electrons. The van der Waals surface area contributed by atoms with Crippen LogP contribution in [-0.2, 0) is 4.74 Å². The molecule has 1 saturated heterocycles. The van der Waals surface area contributed by atoms with Crippen molar-refractivity contribution in [1.29, 1.82) is 0 Å². The highest BCUT2D eigenvalue weighted by molar-refractivity contribution is 5.97. The van der Waals surface area contributed by atoms with Gasteiger partial charge in [0.2, 0.25) is 0 Å². The van der Waals surface area contributed by atoms with Gasteiger partial charge < -0.3 is 20.5 Å². The molecule has 0 aromatic carbocycles. The van der Waals surface area contributed by atoms with Crippen molar-refractivity contribution < 1.29 is 14.6 Å². The highest BCUT2D eigenvalue weighted by atomic mass is 16.5. The van der Waals surface area contributed by atoms with Crippen LogP contribution in [0.1, 0.15) is 29.6 Å². The largest absolute Gasteiger partial charge is 0.465 e. The van der Waals surface area contributed by atoms with E-state index in [9.17, 15) is 4.79 Å². The van der Waals surface area contributed by atoms with Gasteiger partial charge in [0.05, 0.1) is 18.4 Å². The zero-order valence-corrected chi connectivity index (χ0v) is 11.7. The van der Waals surface area contributed by atoms with Crippen molar-refractivity contribution in [3.8, 4) is 0 Å². The van der Waals surface area contributed by atoms with Crippen molar-refractivity contribution in [2.24, 2.45) is 5.92 Å². The summed E-state index contributed by atoms with van der Waals surface area (Å²) in [5.74, 6) is 0.627. The van der Waals surface area contributed by atoms with Crippen molar-refractivity contribution in [3.05, 3.63) is 17.8 Å². The minimum Gasteiger partial charge on any atom is -0.465 e. The molecule has 1 aliphatic rings. The second-order valence-electron chi connectivity index (χ2n) is 5.05. The second-order valence-corrected chi connectivity index (χ2v) is 5.05. The molecule has 0 bridgehead atoms. The molecular formula is C14H21N3O3. The van der Waals surface area contributed by atoms with Crippen LogP contribution in [0.4, 0.5) is 11.5 Å². The molecule has 0 spiro atoms. The molecule has 1 aliphatic heterocycles. The molecule has 1 atom stereocenters. The Balaban J connectivity index is 2.22. The van der Waals surface area contributed by atoms with E-state index in [0.29, 0.717) is 23.0 Å². The summed E-state index contributed by atoms with van der Waals surface area (Å²) < 4.78 is 4.72. The molecule has 0 radical (unpaired) electrons. The van der Waals surface area contributed by atoms with E-state index in [4.69, 9.17) is 15.6 Å². The van der Waals surface area contributed by atoms with Crippen LogP contribution in [0.3, 0.4) is 0 Å². The highest BCUT2D eigenvalue weighted by Crippen LogP contribution is 2.29. The van der Waals surface area contributed by atoms with Crippen LogP contribution in [-0.4, -0.2) is 42.9 Å². The number of anilines is 2. The summed E-state index contributed by atoms with van der Waals surface area (Å²) in [6.07, 6.45) is 4.50. The number of carbonyl (C=O) groups is 1. The lowest BCUT2D eigenvalue weighted by atomic mass is 9.95. The molecular weight excluding hydrogens is 258 g/mol. The van der Waals surface area contributed by atoms with Gasteiger partial charge in [0.1, 0.15) is 0 Å². The number of ether oxygens (including phenoxy) is 1. The van der Waals surface area contributed by atoms with Crippen LogP contribution in [0.25, 0.3) is 0 Å². The van der Waals surface area contributed by atoms with Gasteiger partial charge in [0, 0.05) is 25.9 Å². The molecule has 2 heterocycles. The SMILES string of the molecule is COC(=O)c1ccnc(N2CCCC(CCO)C2)c1N. The number of rotatable bonds is 4. The van der Waals surface area contributed by atoms with Gasteiger partial charge >= 0.3 is 5.97 Å². The van der Waals surface area contributed by atoms with Gasteiger partial charge in [-0.1, -0.05) is 0 Å². The van der Waals surface area contributed by atoms with Crippen LogP contribution in [0, 0.1) is 5.92 Å². The molecule has 0 aliphatic carbocycles. The number of nitrogen functional groups attached to an aromatic ring is 1. The predicted molar refractivity (Wildman–Crippen MR) is 76.6 cm³/mol. The first-order valence-corrected chi connectivity index (χ1v) is 6.86. The van der Waals surface area contributed by atoms with Gasteiger partial charge in [-0.25, -0.2) is 9.78 Å². The van der Waals surface area contributed by atoms with E-state index >= 15 is 0 Å². The van der Waals surface area contributed by atoms with Crippen LogP contribution in [0.15, 0.2) is 12.3 Å². The van der Waals surface area contributed by atoms with Gasteiger partial charge in [-0.15, -0.1) is 0 Å². The van der Waals surface area contributed by atoms with Gasteiger partial charge in [-0.05, 0) is 31.2 Å². The lowest BCUT2D eigenvalue weighted by Crippen LogP contribution is -2.37. The van der Waals surface area contributed by atoms with Crippen LogP contribution in [0.2, 0.25) is 0 Å². The predicted octanol–water partition coefficient (Wildman–Crippen LogP) is 1.05. The lowest BCUT2D eigenvalue weighted by Gasteiger charge is -2.34. The number of esters is 1. The smallest absolute Gasteiger partial charge is 0.340 e. The fourth-order valence-corrected chi connectivity index (χ4v) is 2.68. The van der Waals surface area contributed by atoms with Crippen LogP contribution >= 0.6 is 0 Å². The minimum atomic E-state index is -0.449. The number of aliphatic hydroxyl groups excluding tert-OH is 1. The van der Waals surface area contributed by atoms with E-state index in [2.05, 4.69) is 9.88 Å². The normalized spacial score (nSPS) is 18.9. The first-order chi connectivity index (χ1) is 9.67. The third-order valence-electron chi connectivity index (χ3n) is 3.73. The molecule has 2 rings (SSSR count). The van der Waals surface area contributed by atoms with E-state index in [1.807, 2.05) is 0 Å². The molecule has 6 nitrogen and oxygen atoms in total. The van der Waals surface area contributed by atoms with Crippen molar-refractivity contribution >= 4 is 17.5 Å². The maximum absolute atomic E-state index is 11.7. The zero-order chi connectivity index (χ0) is 14.5. The standard InChI is InChI=1S/C14H21N3O3/c1-20-14(19)11-4-6-16-13(12(11)15)17-7-2-3-10(9-17)5-8-18/h4,6,10,18H,2-3,5,7-9,15H2,1H3. The summed E-state index contributed by atoms with van der Waals surface area (Å²) in [4.78, 5) is 18.0. The molecule has 3 N–H and O–H groups in total. The second kappa shape index (κ2) is 6.56. The Bertz CT molecular complexity index is 477. The Morgan fingerprint density at radius 1 is 1.65 bits per heavy atom. The summed E-state index contributed by atoms with van der Waals surface area (Å²) in [5, 5.41) is 9.06. The van der Waals surface area contributed by atoms with E-state index < -0.39 is 5.97 Å². The number of carbonyl (C=O) groups excluding carboxylic acids is 1. The van der Waals surface area contributed by atoms with Gasteiger partial charge in [-0.2, -0.15) is 0 Å². The Morgan fingerprint density at radius 2 is 2.45 bits per heavy atom. The minimum absolute atomic E-state index is 0.198. The van der Waals surface area contributed by atoms with E-state index in [1.165, 1.54) is 7.11 Å². The Morgan fingerprint density at radius 3 is 3.15 bits per heavy atom. The first kappa shape index (κ1) is 14.6. The highest BCUT2D eigenvalue weighted by Gasteiger charge is 2.24. The van der Waals surface area contributed by atoms with Gasteiger partial charge in [0.15, 0.2) is 5.82 Å². The number of hydrogen-bond acceptors (Lipinski definition) is 6. The molecule has 6 heteroatoms. The average Bonchev–Trinajstić information content (AvgIpc) is 2.47. The number of aromatic nitrogens is 1. The Hall–Kier alpha value is -1.82.